The van der Waals surface area contributed by atoms with E-state index in [1.807, 2.05) is 25.9 Å². The van der Waals surface area contributed by atoms with E-state index in [0.717, 1.165) is 12.0 Å². The van der Waals surface area contributed by atoms with Gasteiger partial charge < -0.3 is 10.0 Å². The van der Waals surface area contributed by atoms with Crippen molar-refractivity contribution in [2.45, 2.75) is 30.8 Å². The first-order chi connectivity index (χ1) is 9.16. The number of sulfonamides is 1. The van der Waals surface area contributed by atoms with E-state index in [9.17, 15) is 13.5 Å². The molecular formula is C14H24N2O3S. The van der Waals surface area contributed by atoms with Gasteiger partial charge in [-0.1, -0.05) is 19.1 Å². The summed E-state index contributed by atoms with van der Waals surface area (Å²) in [6.45, 7) is 3.98. The predicted molar refractivity (Wildman–Crippen MR) is 80.2 cm³/mol. The van der Waals surface area contributed by atoms with Crippen LogP contribution in [0.25, 0.3) is 0 Å². The van der Waals surface area contributed by atoms with Gasteiger partial charge in [-0.2, -0.15) is 0 Å². The fourth-order valence-electron chi connectivity index (χ4n) is 1.98. The molecule has 0 saturated heterocycles. The number of aryl methyl sites for hydroxylation is 1. The number of nitrogens with zero attached hydrogens (tertiary/aromatic N) is 1. The molecule has 20 heavy (non-hydrogen) atoms. The third-order valence-electron chi connectivity index (χ3n) is 2.94. The van der Waals surface area contributed by atoms with E-state index in [0.29, 0.717) is 6.54 Å². The first kappa shape index (κ1) is 17.1. The van der Waals surface area contributed by atoms with Crippen molar-refractivity contribution >= 4 is 10.0 Å². The topological polar surface area (TPSA) is 69.6 Å². The Morgan fingerprint density at radius 2 is 1.80 bits per heavy atom. The first-order valence-corrected chi connectivity index (χ1v) is 8.10. The van der Waals surface area contributed by atoms with Crippen molar-refractivity contribution in [3.05, 3.63) is 29.8 Å². The minimum absolute atomic E-state index is 0.0248. The predicted octanol–water partition coefficient (Wildman–Crippen LogP) is 0.840. The van der Waals surface area contributed by atoms with Crippen LogP contribution >= 0.6 is 0 Å². The molecule has 1 aromatic carbocycles. The summed E-state index contributed by atoms with van der Waals surface area (Å²) in [5.74, 6) is 0. The molecule has 114 valence electrons. The van der Waals surface area contributed by atoms with Crippen molar-refractivity contribution < 1.29 is 13.5 Å². The quantitative estimate of drug-likeness (QED) is 0.783. The second-order valence-electron chi connectivity index (χ2n) is 5.56. The van der Waals surface area contributed by atoms with Gasteiger partial charge in [0.05, 0.1) is 10.5 Å². The molecule has 0 heterocycles. The summed E-state index contributed by atoms with van der Waals surface area (Å²) >= 11 is 0. The zero-order chi connectivity index (χ0) is 15.4. The van der Waals surface area contributed by atoms with E-state index in [4.69, 9.17) is 0 Å². The third kappa shape index (κ3) is 5.20. The van der Waals surface area contributed by atoms with Gasteiger partial charge in [-0.05, 0) is 45.1 Å². The molecule has 1 atom stereocenters. The van der Waals surface area contributed by atoms with Crippen LogP contribution in [0.5, 0.6) is 0 Å². The third-order valence-corrected chi connectivity index (χ3v) is 4.36. The van der Waals surface area contributed by atoms with Gasteiger partial charge in [0, 0.05) is 13.1 Å². The molecule has 1 rings (SSSR count). The molecule has 0 spiro atoms. The highest BCUT2D eigenvalue weighted by molar-refractivity contribution is 7.89. The summed E-state index contributed by atoms with van der Waals surface area (Å²) in [6.07, 6.45) is 0.866. The number of benzene rings is 1. The minimum Gasteiger partial charge on any atom is -0.387 e. The molecular weight excluding hydrogens is 276 g/mol. The van der Waals surface area contributed by atoms with Crippen molar-refractivity contribution in [1.82, 2.24) is 9.62 Å². The average Bonchev–Trinajstić information content (AvgIpc) is 2.35. The molecule has 0 aliphatic carbocycles. The van der Waals surface area contributed by atoms with Gasteiger partial charge in [-0.25, -0.2) is 13.1 Å². The van der Waals surface area contributed by atoms with E-state index in [1.165, 1.54) is 0 Å². The SMILES string of the molecule is CCc1ccc(S(=O)(=O)NCC(C)(O)CN(C)C)cc1. The molecule has 1 unspecified atom stereocenters. The highest BCUT2D eigenvalue weighted by Crippen LogP contribution is 2.12. The van der Waals surface area contributed by atoms with Gasteiger partial charge in [0.25, 0.3) is 0 Å². The molecule has 0 bridgehead atoms. The summed E-state index contributed by atoms with van der Waals surface area (Å²) in [7, 11) is 0.0689. The molecule has 0 amide bonds. The Morgan fingerprint density at radius 1 is 1.25 bits per heavy atom. The van der Waals surface area contributed by atoms with E-state index in [2.05, 4.69) is 4.72 Å². The van der Waals surface area contributed by atoms with Crippen molar-refractivity contribution in [2.24, 2.45) is 0 Å². The van der Waals surface area contributed by atoms with Crippen LogP contribution in [-0.4, -0.2) is 51.2 Å². The van der Waals surface area contributed by atoms with Crippen molar-refractivity contribution in [3.63, 3.8) is 0 Å². The zero-order valence-electron chi connectivity index (χ0n) is 12.5. The van der Waals surface area contributed by atoms with Gasteiger partial charge >= 0.3 is 0 Å². The number of hydrogen-bond donors (Lipinski definition) is 2. The standard InChI is InChI=1S/C14H24N2O3S/c1-5-12-6-8-13(9-7-12)20(18,19)15-10-14(2,17)11-16(3)4/h6-9,15,17H,5,10-11H2,1-4H3. The van der Waals surface area contributed by atoms with Crippen LogP contribution in [0.3, 0.4) is 0 Å². The van der Waals surface area contributed by atoms with Crippen LogP contribution in [0.1, 0.15) is 19.4 Å². The Balaban J connectivity index is 2.74. The van der Waals surface area contributed by atoms with Crippen LogP contribution in [-0.2, 0) is 16.4 Å². The van der Waals surface area contributed by atoms with Crippen LogP contribution in [0, 0.1) is 0 Å². The maximum absolute atomic E-state index is 12.1. The molecule has 2 N–H and O–H groups in total. The van der Waals surface area contributed by atoms with Gasteiger partial charge in [0.2, 0.25) is 10.0 Å². The lowest BCUT2D eigenvalue weighted by atomic mass is 10.1. The Hall–Kier alpha value is -0.950. The molecule has 0 aliphatic heterocycles. The van der Waals surface area contributed by atoms with Crippen LogP contribution in [0.2, 0.25) is 0 Å². The highest BCUT2D eigenvalue weighted by atomic mass is 32.2. The van der Waals surface area contributed by atoms with Gasteiger partial charge in [-0.3, -0.25) is 0 Å². The number of hydrogen-bond acceptors (Lipinski definition) is 4. The van der Waals surface area contributed by atoms with E-state index >= 15 is 0 Å². The Labute approximate surface area is 121 Å². The minimum atomic E-state index is -3.58. The van der Waals surface area contributed by atoms with E-state index < -0.39 is 15.6 Å². The molecule has 0 aliphatic rings. The monoisotopic (exact) mass is 300 g/mol. The molecule has 0 aromatic heterocycles. The fraction of sp³-hybridized carbons (Fsp3) is 0.571. The summed E-state index contributed by atoms with van der Waals surface area (Å²) in [4.78, 5) is 2.03. The van der Waals surface area contributed by atoms with Crippen LogP contribution in [0.4, 0.5) is 0 Å². The lowest BCUT2D eigenvalue weighted by Crippen LogP contribution is -2.47. The van der Waals surface area contributed by atoms with Crippen molar-refractivity contribution in [3.8, 4) is 0 Å². The lowest BCUT2D eigenvalue weighted by molar-refractivity contribution is 0.0386. The van der Waals surface area contributed by atoms with Gasteiger partial charge in [0.1, 0.15) is 0 Å². The smallest absolute Gasteiger partial charge is 0.240 e. The summed E-state index contributed by atoms with van der Waals surface area (Å²) in [5.41, 5.74) is -0.0246. The number of nitrogens with one attached hydrogen (secondary N) is 1. The average molecular weight is 300 g/mol. The Kier molecular flexibility index (Phi) is 5.70. The fourth-order valence-corrected chi connectivity index (χ4v) is 3.14. The van der Waals surface area contributed by atoms with Gasteiger partial charge in [-0.15, -0.1) is 0 Å². The zero-order valence-corrected chi connectivity index (χ0v) is 13.4. The molecule has 1 aromatic rings. The van der Waals surface area contributed by atoms with Crippen LogP contribution < -0.4 is 4.72 Å². The molecule has 0 radical (unpaired) electrons. The second-order valence-corrected chi connectivity index (χ2v) is 7.32. The largest absolute Gasteiger partial charge is 0.387 e. The maximum Gasteiger partial charge on any atom is 0.240 e. The number of likely N-dealkylation sites (N-methyl/N-ethyl adjacent to an activating group) is 1. The Bertz CT molecular complexity index is 522. The van der Waals surface area contributed by atoms with Crippen molar-refractivity contribution in [2.75, 3.05) is 27.2 Å². The summed E-state index contributed by atoms with van der Waals surface area (Å²) < 4.78 is 26.7. The molecule has 6 heteroatoms. The van der Waals surface area contributed by atoms with E-state index in [1.54, 1.807) is 31.2 Å². The molecule has 5 nitrogen and oxygen atoms in total. The summed E-state index contributed by atoms with van der Waals surface area (Å²) in [6, 6.07) is 6.77. The summed E-state index contributed by atoms with van der Waals surface area (Å²) in [5, 5.41) is 10.1. The van der Waals surface area contributed by atoms with Crippen molar-refractivity contribution in [1.29, 1.82) is 0 Å². The molecule has 0 fully saturated rings. The van der Waals surface area contributed by atoms with Crippen LogP contribution in [0.15, 0.2) is 29.2 Å². The normalized spacial score (nSPS) is 15.3. The molecule has 0 saturated carbocycles. The first-order valence-electron chi connectivity index (χ1n) is 6.62. The lowest BCUT2D eigenvalue weighted by Gasteiger charge is -2.27. The highest BCUT2D eigenvalue weighted by Gasteiger charge is 2.24. The Morgan fingerprint density at radius 3 is 2.25 bits per heavy atom. The number of rotatable bonds is 7. The maximum atomic E-state index is 12.1. The number of aliphatic hydroxyl groups is 1. The van der Waals surface area contributed by atoms with Gasteiger partial charge in [0.15, 0.2) is 0 Å². The second kappa shape index (κ2) is 6.67. The van der Waals surface area contributed by atoms with E-state index in [-0.39, 0.29) is 11.4 Å².